The fourth-order valence-corrected chi connectivity index (χ4v) is 2.07. The van der Waals surface area contributed by atoms with Gasteiger partial charge in [0.1, 0.15) is 6.54 Å². The summed E-state index contributed by atoms with van der Waals surface area (Å²) in [5, 5.41) is 0. The van der Waals surface area contributed by atoms with Gasteiger partial charge < -0.3 is 9.88 Å². The van der Waals surface area contributed by atoms with Crippen molar-refractivity contribution in [2.45, 2.75) is 25.9 Å². The van der Waals surface area contributed by atoms with E-state index in [0.29, 0.717) is 17.5 Å². The quantitative estimate of drug-likeness (QED) is 0.920. The molecule has 0 radical (unpaired) electrons. The van der Waals surface area contributed by atoms with Gasteiger partial charge in [0.05, 0.1) is 17.4 Å². The molecule has 2 rings (SSSR count). The first-order valence-corrected chi connectivity index (χ1v) is 6.70. The van der Waals surface area contributed by atoms with Crippen molar-refractivity contribution >= 4 is 16.9 Å². The third-order valence-electron chi connectivity index (χ3n) is 3.11. The Hall–Kier alpha value is -2.05. The van der Waals surface area contributed by atoms with E-state index in [2.05, 4.69) is 9.97 Å². The number of hydrogen-bond donors (Lipinski definition) is 1. The van der Waals surface area contributed by atoms with Crippen LogP contribution in [0, 0.1) is 0 Å². The molecule has 21 heavy (non-hydrogen) atoms. The summed E-state index contributed by atoms with van der Waals surface area (Å²) in [6.45, 7) is 0.732. The van der Waals surface area contributed by atoms with Gasteiger partial charge >= 0.3 is 6.18 Å². The Morgan fingerprint density at radius 3 is 2.81 bits per heavy atom. The van der Waals surface area contributed by atoms with E-state index in [0.717, 1.165) is 11.3 Å². The number of halogens is 3. The Kier molecular flexibility index (Phi) is 4.50. The van der Waals surface area contributed by atoms with Crippen molar-refractivity contribution in [3.8, 4) is 0 Å². The number of rotatable bonds is 5. The van der Waals surface area contributed by atoms with Crippen LogP contribution in [0.15, 0.2) is 24.5 Å². The molecule has 0 aliphatic heterocycles. The van der Waals surface area contributed by atoms with Gasteiger partial charge in [-0.05, 0) is 24.6 Å². The number of carbonyl (C=O) groups excluding carboxylic acids is 1. The van der Waals surface area contributed by atoms with E-state index in [1.807, 2.05) is 6.92 Å². The van der Waals surface area contributed by atoms with Crippen LogP contribution in [0.3, 0.4) is 0 Å². The summed E-state index contributed by atoms with van der Waals surface area (Å²) < 4.78 is 37.8. The Morgan fingerprint density at radius 1 is 1.38 bits per heavy atom. The van der Waals surface area contributed by atoms with E-state index in [-0.39, 0.29) is 12.1 Å². The monoisotopic (exact) mass is 299 g/mol. The number of fused-ring (bicyclic) bond motifs is 1. The second-order valence-corrected chi connectivity index (χ2v) is 4.83. The van der Waals surface area contributed by atoms with Crippen LogP contribution in [0.25, 0.3) is 11.0 Å². The summed E-state index contributed by atoms with van der Waals surface area (Å²) in [7, 11) is 0. The van der Waals surface area contributed by atoms with E-state index >= 15 is 0 Å². The van der Waals surface area contributed by atoms with Crippen molar-refractivity contribution in [2.75, 3.05) is 13.1 Å². The minimum Gasteiger partial charge on any atom is -0.345 e. The first-order valence-electron chi connectivity index (χ1n) is 6.70. The van der Waals surface area contributed by atoms with E-state index in [1.165, 1.54) is 18.5 Å². The molecule has 0 bridgehead atoms. The van der Waals surface area contributed by atoms with Gasteiger partial charge in [-0.15, -0.1) is 0 Å². The van der Waals surface area contributed by atoms with E-state index < -0.39 is 18.6 Å². The smallest absolute Gasteiger partial charge is 0.345 e. The number of alkyl halides is 3. The number of carbonyl (C=O) groups is 1. The lowest BCUT2D eigenvalue weighted by atomic mass is 10.1. The molecule has 2 aromatic rings. The molecule has 7 heteroatoms. The summed E-state index contributed by atoms with van der Waals surface area (Å²) in [6.07, 6.45) is -1.67. The number of hydrogen-bond acceptors (Lipinski definition) is 2. The number of aromatic amines is 1. The van der Waals surface area contributed by atoms with Crippen LogP contribution in [-0.4, -0.2) is 40.0 Å². The fraction of sp³-hybridized carbons (Fsp3) is 0.429. The molecule has 4 nitrogen and oxygen atoms in total. The maximum atomic E-state index is 12.6. The van der Waals surface area contributed by atoms with Gasteiger partial charge in [0.15, 0.2) is 0 Å². The number of benzene rings is 1. The third kappa shape index (κ3) is 3.96. The molecule has 1 aromatic heterocycles. The van der Waals surface area contributed by atoms with Crippen LogP contribution < -0.4 is 0 Å². The first kappa shape index (κ1) is 15.3. The number of unbranched alkanes of at least 4 members (excludes halogenated alkanes) is 1. The van der Waals surface area contributed by atoms with Crippen LogP contribution in [0.5, 0.6) is 0 Å². The van der Waals surface area contributed by atoms with Crippen LogP contribution in [0.1, 0.15) is 30.1 Å². The van der Waals surface area contributed by atoms with E-state index in [1.54, 1.807) is 6.07 Å². The van der Waals surface area contributed by atoms with Gasteiger partial charge in [0.2, 0.25) is 0 Å². The highest BCUT2D eigenvalue weighted by atomic mass is 19.4. The van der Waals surface area contributed by atoms with Gasteiger partial charge in [-0.3, -0.25) is 4.79 Å². The molecular weight excluding hydrogens is 283 g/mol. The molecular formula is C14H16F3N3O. The van der Waals surface area contributed by atoms with Crippen LogP contribution in [0.4, 0.5) is 13.2 Å². The highest BCUT2D eigenvalue weighted by molar-refractivity contribution is 5.97. The van der Waals surface area contributed by atoms with Crippen molar-refractivity contribution in [3.63, 3.8) is 0 Å². The molecule has 0 fully saturated rings. The number of nitrogens with one attached hydrogen (secondary N) is 1. The van der Waals surface area contributed by atoms with Crippen molar-refractivity contribution in [2.24, 2.45) is 0 Å². The molecule has 1 N–H and O–H groups in total. The zero-order valence-electron chi connectivity index (χ0n) is 11.6. The summed E-state index contributed by atoms with van der Waals surface area (Å²) in [4.78, 5) is 20.0. The number of aromatic nitrogens is 2. The van der Waals surface area contributed by atoms with Gasteiger partial charge in [-0.1, -0.05) is 13.3 Å². The minimum atomic E-state index is -4.40. The Balaban J connectivity index is 2.22. The molecule has 0 aliphatic carbocycles. The minimum absolute atomic E-state index is 0.0931. The largest absolute Gasteiger partial charge is 0.406 e. The maximum Gasteiger partial charge on any atom is 0.406 e. The van der Waals surface area contributed by atoms with Crippen molar-refractivity contribution in [1.29, 1.82) is 0 Å². The standard InChI is InChI=1S/C14H16F3N3O/c1-2-3-6-20(8-14(15,16)17)13(21)10-4-5-11-12(7-10)19-9-18-11/h4-5,7,9H,2-3,6,8H2,1H3,(H,18,19). The molecule has 114 valence electrons. The van der Waals surface area contributed by atoms with Gasteiger partial charge in [0, 0.05) is 12.1 Å². The molecule has 1 amide bonds. The predicted octanol–water partition coefficient (Wildman–Crippen LogP) is 3.37. The van der Waals surface area contributed by atoms with Gasteiger partial charge in [-0.25, -0.2) is 4.98 Å². The summed E-state index contributed by atoms with van der Waals surface area (Å²) in [5.41, 5.74) is 1.53. The predicted molar refractivity (Wildman–Crippen MR) is 73.0 cm³/mol. The zero-order valence-corrected chi connectivity index (χ0v) is 11.6. The lowest BCUT2D eigenvalue weighted by molar-refractivity contribution is -0.140. The molecule has 0 unspecified atom stereocenters. The van der Waals surface area contributed by atoms with Gasteiger partial charge in [0.25, 0.3) is 5.91 Å². The number of amides is 1. The Bertz CT molecular complexity index is 621. The number of nitrogens with zero attached hydrogens (tertiary/aromatic N) is 2. The molecule has 0 spiro atoms. The molecule has 1 heterocycles. The van der Waals surface area contributed by atoms with Crippen LogP contribution in [0.2, 0.25) is 0 Å². The fourth-order valence-electron chi connectivity index (χ4n) is 2.07. The van der Waals surface area contributed by atoms with Crippen LogP contribution >= 0.6 is 0 Å². The molecule has 0 atom stereocenters. The third-order valence-corrected chi connectivity index (χ3v) is 3.11. The average Bonchev–Trinajstić information content (AvgIpc) is 2.88. The SMILES string of the molecule is CCCCN(CC(F)(F)F)C(=O)c1ccc2nc[nH]c2c1. The lowest BCUT2D eigenvalue weighted by Crippen LogP contribution is -2.39. The van der Waals surface area contributed by atoms with E-state index in [9.17, 15) is 18.0 Å². The number of H-pyrrole nitrogens is 1. The second-order valence-electron chi connectivity index (χ2n) is 4.83. The normalized spacial score (nSPS) is 11.8. The average molecular weight is 299 g/mol. The lowest BCUT2D eigenvalue weighted by Gasteiger charge is -2.24. The van der Waals surface area contributed by atoms with Crippen molar-refractivity contribution in [3.05, 3.63) is 30.1 Å². The summed E-state index contributed by atoms with van der Waals surface area (Å²) >= 11 is 0. The highest BCUT2D eigenvalue weighted by Crippen LogP contribution is 2.20. The Labute approximate surface area is 120 Å². The van der Waals surface area contributed by atoms with Crippen molar-refractivity contribution < 1.29 is 18.0 Å². The van der Waals surface area contributed by atoms with Crippen LogP contribution in [-0.2, 0) is 0 Å². The zero-order chi connectivity index (χ0) is 15.5. The summed E-state index contributed by atoms with van der Waals surface area (Å²) in [5.74, 6) is -0.614. The summed E-state index contributed by atoms with van der Waals surface area (Å²) in [6, 6.07) is 4.64. The van der Waals surface area contributed by atoms with Crippen molar-refractivity contribution in [1.82, 2.24) is 14.9 Å². The molecule has 0 aliphatic rings. The highest BCUT2D eigenvalue weighted by Gasteiger charge is 2.33. The molecule has 1 aromatic carbocycles. The molecule has 0 saturated carbocycles. The molecule has 0 saturated heterocycles. The maximum absolute atomic E-state index is 12.6. The first-order chi connectivity index (χ1) is 9.90. The number of imidazole rings is 1. The topological polar surface area (TPSA) is 49.0 Å². The van der Waals surface area contributed by atoms with Gasteiger partial charge in [-0.2, -0.15) is 13.2 Å². The van der Waals surface area contributed by atoms with E-state index in [4.69, 9.17) is 0 Å². The Morgan fingerprint density at radius 2 is 2.14 bits per heavy atom. The second kappa shape index (κ2) is 6.15.